The SMILES string of the molecule is CCc1ccc(Cc2cc(C3CC(O)CC(CO)O3)cc(SC)c2C#N)cc1. The maximum absolute atomic E-state index is 10.2. The Balaban J connectivity index is 1.96. The van der Waals surface area contributed by atoms with Gasteiger partial charge in [0, 0.05) is 17.7 Å². The normalized spacial score (nSPS) is 22.0. The van der Waals surface area contributed by atoms with Gasteiger partial charge in [0.25, 0.3) is 0 Å². The summed E-state index contributed by atoms with van der Waals surface area (Å²) in [6, 6.07) is 14.9. The average Bonchev–Trinajstić information content (AvgIpc) is 2.73. The van der Waals surface area contributed by atoms with Crippen molar-refractivity contribution in [2.75, 3.05) is 12.9 Å². The summed E-state index contributed by atoms with van der Waals surface area (Å²) >= 11 is 1.55. The van der Waals surface area contributed by atoms with Gasteiger partial charge in [0.1, 0.15) is 6.07 Å². The minimum Gasteiger partial charge on any atom is -0.394 e. The van der Waals surface area contributed by atoms with Crippen molar-refractivity contribution in [2.24, 2.45) is 0 Å². The van der Waals surface area contributed by atoms with E-state index >= 15 is 0 Å². The molecule has 3 atom stereocenters. The van der Waals surface area contributed by atoms with Crippen LogP contribution in [0.4, 0.5) is 0 Å². The molecule has 28 heavy (non-hydrogen) atoms. The fraction of sp³-hybridized carbons (Fsp3) is 0.435. The Bertz CT molecular complexity index is 844. The molecule has 0 radical (unpaired) electrons. The summed E-state index contributed by atoms with van der Waals surface area (Å²) in [4.78, 5) is 0.921. The summed E-state index contributed by atoms with van der Waals surface area (Å²) < 4.78 is 6.00. The molecule has 1 heterocycles. The third-order valence-electron chi connectivity index (χ3n) is 5.32. The fourth-order valence-corrected chi connectivity index (χ4v) is 4.38. The van der Waals surface area contributed by atoms with Crippen LogP contribution in [0.15, 0.2) is 41.3 Å². The first-order valence-corrected chi connectivity index (χ1v) is 10.9. The standard InChI is InChI=1S/C23H27NO3S/c1-3-15-4-6-16(7-5-15)8-17-9-18(10-23(28-2)21(17)13-24)22-12-19(26)11-20(14-25)27-22/h4-7,9-10,19-20,22,25-26H,3,8,11-12,14H2,1-2H3. The molecule has 0 spiro atoms. The molecule has 4 nitrogen and oxygen atoms in total. The zero-order valence-corrected chi connectivity index (χ0v) is 17.2. The molecule has 2 aromatic carbocycles. The van der Waals surface area contributed by atoms with E-state index in [0.717, 1.165) is 28.0 Å². The van der Waals surface area contributed by atoms with Crippen molar-refractivity contribution in [3.63, 3.8) is 0 Å². The van der Waals surface area contributed by atoms with Gasteiger partial charge in [0.05, 0.1) is 30.5 Å². The zero-order chi connectivity index (χ0) is 20.1. The molecule has 2 aromatic rings. The summed E-state index contributed by atoms with van der Waals surface area (Å²) in [5.41, 5.74) is 5.09. The lowest BCUT2D eigenvalue weighted by atomic mass is 9.92. The number of nitriles is 1. The molecular formula is C23H27NO3S. The molecule has 148 valence electrons. The number of thioether (sulfide) groups is 1. The number of nitrogens with zero attached hydrogens (tertiary/aromatic N) is 1. The maximum Gasteiger partial charge on any atom is 0.101 e. The predicted octanol–water partition coefficient (Wildman–Crippen LogP) is 4.01. The van der Waals surface area contributed by atoms with Crippen molar-refractivity contribution in [2.45, 2.75) is 55.8 Å². The highest BCUT2D eigenvalue weighted by Gasteiger charge is 2.30. The van der Waals surface area contributed by atoms with Gasteiger partial charge >= 0.3 is 0 Å². The van der Waals surface area contributed by atoms with Gasteiger partial charge in [0.2, 0.25) is 0 Å². The highest BCUT2D eigenvalue weighted by Crippen LogP contribution is 2.36. The van der Waals surface area contributed by atoms with E-state index in [9.17, 15) is 15.5 Å². The summed E-state index contributed by atoms with van der Waals surface area (Å²) in [7, 11) is 0. The highest BCUT2D eigenvalue weighted by molar-refractivity contribution is 7.98. The largest absolute Gasteiger partial charge is 0.394 e. The van der Waals surface area contributed by atoms with Crippen LogP contribution in [0.5, 0.6) is 0 Å². The van der Waals surface area contributed by atoms with Crippen molar-refractivity contribution >= 4 is 11.8 Å². The van der Waals surface area contributed by atoms with E-state index in [2.05, 4.69) is 37.3 Å². The van der Waals surface area contributed by atoms with Crippen LogP contribution in [0.1, 0.15) is 53.7 Å². The first-order valence-electron chi connectivity index (χ1n) is 9.71. The Morgan fingerprint density at radius 1 is 1.18 bits per heavy atom. The Morgan fingerprint density at radius 2 is 1.89 bits per heavy atom. The molecule has 1 fully saturated rings. The minimum atomic E-state index is -0.491. The molecule has 3 rings (SSSR count). The van der Waals surface area contributed by atoms with Crippen LogP contribution in [0.2, 0.25) is 0 Å². The number of aryl methyl sites for hydroxylation is 1. The van der Waals surface area contributed by atoms with E-state index in [1.54, 1.807) is 11.8 Å². The number of aliphatic hydroxyl groups excluding tert-OH is 2. The van der Waals surface area contributed by atoms with Crippen molar-refractivity contribution in [3.05, 3.63) is 64.2 Å². The molecule has 2 N–H and O–H groups in total. The minimum absolute atomic E-state index is 0.101. The van der Waals surface area contributed by atoms with Gasteiger partial charge in [-0.3, -0.25) is 0 Å². The molecule has 0 amide bonds. The third kappa shape index (κ3) is 4.76. The Morgan fingerprint density at radius 3 is 2.50 bits per heavy atom. The van der Waals surface area contributed by atoms with Crippen LogP contribution in [-0.4, -0.2) is 35.3 Å². The Kier molecular flexibility index (Phi) is 7.14. The van der Waals surface area contributed by atoms with Crippen LogP contribution in [0.3, 0.4) is 0 Å². The topological polar surface area (TPSA) is 73.5 Å². The molecule has 0 aromatic heterocycles. The number of ether oxygens (including phenoxy) is 1. The molecule has 1 saturated heterocycles. The predicted molar refractivity (Wildman–Crippen MR) is 112 cm³/mol. The second-order valence-electron chi connectivity index (χ2n) is 7.27. The van der Waals surface area contributed by atoms with E-state index in [-0.39, 0.29) is 18.8 Å². The first-order chi connectivity index (χ1) is 13.6. The fourth-order valence-electron chi connectivity index (χ4n) is 3.75. The summed E-state index contributed by atoms with van der Waals surface area (Å²) in [5, 5.41) is 29.4. The number of hydrogen-bond acceptors (Lipinski definition) is 5. The summed E-state index contributed by atoms with van der Waals surface area (Å²) in [6.07, 6.45) is 3.47. The van der Waals surface area contributed by atoms with Gasteiger partial charge in [-0.2, -0.15) is 5.26 Å². The smallest absolute Gasteiger partial charge is 0.101 e. The van der Waals surface area contributed by atoms with Crippen LogP contribution in [0, 0.1) is 11.3 Å². The van der Waals surface area contributed by atoms with Crippen LogP contribution < -0.4 is 0 Å². The number of rotatable bonds is 6. The molecule has 3 unspecified atom stereocenters. The van der Waals surface area contributed by atoms with E-state index in [4.69, 9.17) is 4.74 Å². The number of aliphatic hydroxyl groups is 2. The number of hydrogen-bond donors (Lipinski definition) is 2. The second kappa shape index (κ2) is 9.58. The average molecular weight is 398 g/mol. The van der Waals surface area contributed by atoms with Crippen LogP contribution >= 0.6 is 11.8 Å². The summed E-state index contributed by atoms with van der Waals surface area (Å²) in [6.45, 7) is 2.03. The lowest BCUT2D eigenvalue weighted by Crippen LogP contribution is -2.33. The van der Waals surface area contributed by atoms with Crippen LogP contribution in [-0.2, 0) is 17.6 Å². The lowest BCUT2D eigenvalue weighted by Gasteiger charge is -2.33. The molecule has 0 aliphatic carbocycles. The van der Waals surface area contributed by atoms with E-state index in [1.807, 2.05) is 18.4 Å². The van der Waals surface area contributed by atoms with Crippen molar-refractivity contribution in [3.8, 4) is 6.07 Å². The molecule has 5 heteroatoms. The van der Waals surface area contributed by atoms with Gasteiger partial charge < -0.3 is 14.9 Å². The van der Waals surface area contributed by atoms with Gasteiger partial charge in [-0.15, -0.1) is 11.8 Å². The second-order valence-corrected chi connectivity index (χ2v) is 8.12. The molecule has 1 aliphatic heterocycles. The highest BCUT2D eigenvalue weighted by atomic mass is 32.2. The van der Waals surface area contributed by atoms with Gasteiger partial charge in [-0.25, -0.2) is 0 Å². The van der Waals surface area contributed by atoms with Gasteiger partial charge in [-0.05, 0) is 47.4 Å². The van der Waals surface area contributed by atoms with Gasteiger partial charge in [-0.1, -0.05) is 37.3 Å². The monoisotopic (exact) mass is 397 g/mol. The maximum atomic E-state index is 10.2. The van der Waals surface area contributed by atoms with E-state index < -0.39 is 6.10 Å². The molecule has 0 bridgehead atoms. The zero-order valence-electron chi connectivity index (χ0n) is 16.4. The molecule has 1 aliphatic rings. The lowest BCUT2D eigenvalue weighted by molar-refractivity contribution is -0.113. The van der Waals surface area contributed by atoms with Crippen molar-refractivity contribution in [1.29, 1.82) is 5.26 Å². The Hall–Kier alpha value is -1.84. The molecule has 0 saturated carbocycles. The van der Waals surface area contributed by atoms with E-state index in [1.165, 1.54) is 5.56 Å². The number of benzene rings is 2. The quantitative estimate of drug-likeness (QED) is 0.721. The third-order valence-corrected chi connectivity index (χ3v) is 6.08. The Labute approximate surface area is 171 Å². The van der Waals surface area contributed by atoms with E-state index in [0.29, 0.717) is 24.8 Å². The first kappa shape index (κ1) is 20.9. The molecular weight excluding hydrogens is 370 g/mol. The van der Waals surface area contributed by atoms with Crippen molar-refractivity contribution < 1.29 is 14.9 Å². The van der Waals surface area contributed by atoms with Crippen LogP contribution in [0.25, 0.3) is 0 Å². The van der Waals surface area contributed by atoms with Crippen molar-refractivity contribution in [1.82, 2.24) is 0 Å². The van der Waals surface area contributed by atoms with Gasteiger partial charge in [0.15, 0.2) is 0 Å². The summed E-state index contributed by atoms with van der Waals surface area (Å²) in [5.74, 6) is 0.